The molecule has 3 heteroatoms. The standard InChI is InChI=1S/C9H11N3.C2H6/c1-6(2)9-7(3)11-5-8(4-10)12-9;1-2/h5-6H,1-3H3;1-2H3. The summed E-state index contributed by atoms with van der Waals surface area (Å²) in [4.78, 5) is 8.25. The van der Waals surface area contributed by atoms with E-state index in [0.717, 1.165) is 11.4 Å². The van der Waals surface area contributed by atoms with Crippen LogP contribution in [0.4, 0.5) is 0 Å². The SMILES string of the molecule is CC.Cc1ncc(C#N)nc1C(C)C. The largest absolute Gasteiger partial charge is 0.257 e. The van der Waals surface area contributed by atoms with Crippen LogP contribution in [0.15, 0.2) is 6.20 Å². The number of hydrogen-bond acceptors (Lipinski definition) is 3. The van der Waals surface area contributed by atoms with Crippen molar-refractivity contribution in [2.75, 3.05) is 0 Å². The minimum absolute atomic E-state index is 0.325. The maximum Gasteiger partial charge on any atom is 0.159 e. The molecule has 1 aromatic rings. The van der Waals surface area contributed by atoms with E-state index in [-0.39, 0.29) is 0 Å². The van der Waals surface area contributed by atoms with Gasteiger partial charge >= 0.3 is 0 Å². The molecule has 0 saturated heterocycles. The van der Waals surface area contributed by atoms with E-state index in [4.69, 9.17) is 5.26 Å². The molecule has 0 radical (unpaired) electrons. The van der Waals surface area contributed by atoms with Gasteiger partial charge in [0.05, 0.1) is 17.6 Å². The van der Waals surface area contributed by atoms with E-state index in [9.17, 15) is 0 Å². The second kappa shape index (κ2) is 6.09. The molecule has 0 saturated carbocycles. The van der Waals surface area contributed by atoms with Crippen molar-refractivity contribution >= 4 is 0 Å². The van der Waals surface area contributed by atoms with Gasteiger partial charge in [0.15, 0.2) is 5.69 Å². The number of nitriles is 1. The Morgan fingerprint density at radius 2 is 1.93 bits per heavy atom. The van der Waals surface area contributed by atoms with Gasteiger partial charge in [-0.1, -0.05) is 27.7 Å². The Hall–Kier alpha value is -1.43. The fraction of sp³-hybridized carbons (Fsp3) is 0.545. The topological polar surface area (TPSA) is 49.6 Å². The first-order valence-electron chi connectivity index (χ1n) is 4.88. The van der Waals surface area contributed by atoms with Crippen molar-refractivity contribution in [2.24, 2.45) is 0 Å². The van der Waals surface area contributed by atoms with Crippen LogP contribution in [0, 0.1) is 18.3 Å². The smallest absolute Gasteiger partial charge is 0.159 e. The van der Waals surface area contributed by atoms with Gasteiger partial charge in [-0.3, -0.25) is 4.98 Å². The van der Waals surface area contributed by atoms with E-state index in [2.05, 4.69) is 9.97 Å². The molecular weight excluding hydrogens is 174 g/mol. The summed E-state index contributed by atoms with van der Waals surface area (Å²) in [6.07, 6.45) is 1.50. The van der Waals surface area contributed by atoms with Crippen LogP contribution in [-0.2, 0) is 0 Å². The van der Waals surface area contributed by atoms with Gasteiger partial charge in [-0.25, -0.2) is 4.98 Å². The van der Waals surface area contributed by atoms with E-state index >= 15 is 0 Å². The molecule has 0 amide bonds. The molecule has 0 atom stereocenters. The highest BCUT2D eigenvalue weighted by molar-refractivity contribution is 5.22. The minimum atomic E-state index is 0.325. The summed E-state index contributed by atoms with van der Waals surface area (Å²) in [6, 6.07) is 1.98. The maximum absolute atomic E-state index is 8.58. The van der Waals surface area contributed by atoms with E-state index in [1.54, 1.807) is 0 Å². The number of aryl methyl sites for hydroxylation is 1. The third-order valence-corrected chi connectivity index (χ3v) is 1.65. The summed E-state index contributed by atoms with van der Waals surface area (Å²) in [5.41, 5.74) is 2.21. The summed E-state index contributed by atoms with van der Waals surface area (Å²) in [7, 11) is 0. The van der Waals surface area contributed by atoms with E-state index in [0.29, 0.717) is 11.6 Å². The van der Waals surface area contributed by atoms with E-state index < -0.39 is 0 Å². The highest BCUT2D eigenvalue weighted by atomic mass is 14.8. The normalized spacial score (nSPS) is 8.93. The zero-order valence-corrected chi connectivity index (χ0v) is 9.50. The Morgan fingerprint density at radius 3 is 2.36 bits per heavy atom. The molecule has 0 unspecified atom stereocenters. The molecule has 14 heavy (non-hydrogen) atoms. The first-order valence-corrected chi connectivity index (χ1v) is 4.88. The summed E-state index contributed by atoms with van der Waals surface area (Å²) in [6.45, 7) is 9.99. The third-order valence-electron chi connectivity index (χ3n) is 1.65. The predicted octanol–water partition coefficient (Wildman–Crippen LogP) is 2.81. The van der Waals surface area contributed by atoms with Gasteiger partial charge in [0.2, 0.25) is 0 Å². The van der Waals surface area contributed by atoms with Crippen molar-refractivity contribution < 1.29 is 0 Å². The number of hydrogen-bond donors (Lipinski definition) is 0. The van der Waals surface area contributed by atoms with Gasteiger partial charge in [-0.15, -0.1) is 0 Å². The molecule has 3 nitrogen and oxygen atoms in total. The summed E-state index contributed by atoms with van der Waals surface area (Å²) in [5.74, 6) is 0.325. The minimum Gasteiger partial charge on any atom is -0.257 e. The van der Waals surface area contributed by atoms with Gasteiger partial charge < -0.3 is 0 Å². The van der Waals surface area contributed by atoms with Gasteiger partial charge in [0.25, 0.3) is 0 Å². The lowest BCUT2D eigenvalue weighted by atomic mass is 10.1. The zero-order chi connectivity index (χ0) is 11.1. The molecule has 1 aromatic heterocycles. The van der Waals surface area contributed by atoms with Crippen molar-refractivity contribution in [3.8, 4) is 6.07 Å². The molecule has 0 fully saturated rings. The van der Waals surface area contributed by atoms with Crippen LogP contribution in [0.1, 0.15) is 50.7 Å². The van der Waals surface area contributed by atoms with Gasteiger partial charge in [0, 0.05) is 0 Å². The van der Waals surface area contributed by atoms with Crippen molar-refractivity contribution in [1.82, 2.24) is 9.97 Å². The Bertz CT molecular complexity index is 324. The summed E-state index contributed by atoms with van der Waals surface area (Å²) in [5, 5.41) is 8.58. The van der Waals surface area contributed by atoms with Gasteiger partial charge in [-0.2, -0.15) is 5.26 Å². The molecular formula is C11H17N3. The van der Waals surface area contributed by atoms with Crippen LogP contribution in [-0.4, -0.2) is 9.97 Å². The van der Waals surface area contributed by atoms with E-state index in [1.807, 2.05) is 40.7 Å². The van der Waals surface area contributed by atoms with Crippen LogP contribution < -0.4 is 0 Å². The Kier molecular flexibility index (Phi) is 5.47. The number of aromatic nitrogens is 2. The first-order chi connectivity index (χ1) is 6.65. The maximum atomic E-state index is 8.58. The highest BCUT2D eigenvalue weighted by Crippen LogP contribution is 2.13. The van der Waals surface area contributed by atoms with Crippen molar-refractivity contribution in [3.63, 3.8) is 0 Å². The molecule has 0 aliphatic heterocycles. The lowest BCUT2D eigenvalue weighted by Gasteiger charge is -2.06. The van der Waals surface area contributed by atoms with Crippen LogP contribution >= 0.6 is 0 Å². The van der Waals surface area contributed by atoms with Crippen molar-refractivity contribution in [2.45, 2.75) is 40.5 Å². The lowest BCUT2D eigenvalue weighted by Crippen LogP contribution is -2.00. The summed E-state index contributed by atoms with van der Waals surface area (Å²) < 4.78 is 0. The zero-order valence-electron chi connectivity index (χ0n) is 9.50. The third kappa shape index (κ3) is 3.14. The van der Waals surface area contributed by atoms with Crippen molar-refractivity contribution in [3.05, 3.63) is 23.3 Å². The Labute approximate surface area is 85.8 Å². The molecule has 0 N–H and O–H groups in total. The van der Waals surface area contributed by atoms with Crippen LogP contribution in [0.3, 0.4) is 0 Å². The van der Waals surface area contributed by atoms with Crippen LogP contribution in [0.2, 0.25) is 0 Å². The molecule has 1 rings (SSSR count). The molecule has 0 spiro atoms. The van der Waals surface area contributed by atoms with Crippen LogP contribution in [0.25, 0.3) is 0 Å². The number of rotatable bonds is 1. The second-order valence-corrected chi connectivity index (χ2v) is 2.99. The Balaban J connectivity index is 0.000000791. The van der Waals surface area contributed by atoms with Gasteiger partial charge in [-0.05, 0) is 12.8 Å². The van der Waals surface area contributed by atoms with Gasteiger partial charge in [0.1, 0.15) is 6.07 Å². The molecule has 0 aliphatic rings. The quantitative estimate of drug-likeness (QED) is 0.685. The highest BCUT2D eigenvalue weighted by Gasteiger charge is 2.06. The molecule has 0 aromatic carbocycles. The Morgan fingerprint density at radius 1 is 1.36 bits per heavy atom. The molecule has 76 valence electrons. The number of nitrogens with zero attached hydrogens (tertiary/aromatic N) is 3. The molecule has 1 heterocycles. The fourth-order valence-electron chi connectivity index (χ4n) is 1.06. The fourth-order valence-corrected chi connectivity index (χ4v) is 1.06. The molecule has 0 bridgehead atoms. The van der Waals surface area contributed by atoms with E-state index in [1.165, 1.54) is 6.20 Å². The first kappa shape index (κ1) is 12.6. The average Bonchev–Trinajstić information content (AvgIpc) is 2.21. The van der Waals surface area contributed by atoms with Crippen LogP contribution in [0.5, 0.6) is 0 Å². The lowest BCUT2D eigenvalue weighted by molar-refractivity contribution is 0.792. The average molecular weight is 191 g/mol. The predicted molar refractivity (Wildman–Crippen MR) is 56.9 cm³/mol. The second-order valence-electron chi connectivity index (χ2n) is 2.99. The monoisotopic (exact) mass is 191 g/mol. The van der Waals surface area contributed by atoms with Crippen molar-refractivity contribution in [1.29, 1.82) is 5.26 Å². The molecule has 0 aliphatic carbocycles. The summed E-state index contributed by atoms with van der Waals surface area (Å²) >= 11 is 0.